The number of amides is 12. The van der Waals surface area contributed by atoms with Crippen molar-refractivity contribution in [1.29, 1.82) is 10.8 Å². The molecule has 112 heavy (non-hydrogen) atoms. The molecule has 0 radical (unpaired) electrons. The summed E-state index contributed by atoms with van der Waals surface area (Å²) in [5, 5.41) is 60.1. The summed E-state index contributed by atoms with van der Waals surface area (Å²) in [5.74, 6) is -11.1. The summed E-state index contributed by atoms with van der Waals surface area (Å²) in [4.78, 5) is 191. The van der Waals surface area contributed by atoms with Crippen LogP contribution >= 0.6 is 0 Å². The molecule has 0 bridgehead atoms. The zero-order valence-electron chi connectivity index (χ0n) is 62.7. The van der Waals surface area contributed by atoms with Gasteiger partial charge in [0, 0.05) is 63.8 Å². The number of guanidine groups is 2. The number of carbonyl (C=O) groups excluding carboxylic acids is 12. The van der Waals surface area contributed by atoms with Crippen molar-refractivity contribution < 1.29 is 62.6 Å². The minimum absolute atomic E-state index is 0.00795. The molecule has 0 aliphatic heterocycles. The van der Waals surface area contributed by atoms with E-state index in [0.29, 0.717) is 55.5 Å². The molecule has 12 amide bonds. The zero-order chi connectivity index (χ0) is 81.9. The number of aromatic nitrogens is 6. The smallest absolute Gasteiger partial charge is 0.243 e. The van der Waals surface area contributed by atoms with Gasteiger partial charge < -0.3 is 129 Å². The van der Waals surface area contributed by atoms with Crippen molar-refractivity contribution in [2.75, 3.05) is 39.3 Å². The molecule has 33 N–H and O–H groups in total. The predicted molar refractivity (Wildman–Crippen MR) is 411 cm³/mol. The number of unbranched alkanes of at least 4 members (excludes halogenated alkanes) is 3. The third-order valence-electron chi connectivity index (χ3n) is 17.6. The van der Waals surface area contributed by atoms with Gasteiger partial charge >= 0.3 is 0 Å². The van der Waals surface area contributed by atoms with E-state index in [1.807, 2.05) is 0 Å². The Morgan fingerprint density at radius 2 is 0.696 bits per heavy atom. The van der Waals surface area contributed by atoms with Gasteiger partial charge in [-0.1, -0.05) is 42.5 Å². The number of carbonyl (C=O) groups is 12. The lowest BCUT2D eigenvalue weighted by Gasteiger charge is -2.28. The van der Waals surface area contributed by atoms with Crippen molar-refractivity contribution in [3.8, 4) is 5.75 Å². The van der Waals surface area contributed by atoms with E-state index in [0.717, 1.165) is 0 Å². The fraction of sp³-hybridized carbons (Fsp3) is 0.507. The lowest BCUT2D eigenvalue weighted by molar-refractivity contribution is -0.135. The van der Waals surface area contributed by atoms with Crippen molar-refractivity contribution >= 4 is 82.8 Å². The summed E-state index contributed by atoms with van der Waals surface area (Å²) < 4.78 is 0. The van der Waals surface area contributed by atoms with Crippen LogP contribution in [-0.2, 0) is 89.6 Å². The van der Waals surface area contributed by atoms with Crippen LogP contribution in [0.25, 0.3) is 0 Å². The standard InChI is InChI=1S/C71H110N28O13/c1-41(75)60(103)91-48(15-5-8-24-72)62(105)94-52(19-12-28-85-71(79)80)66(109)99-57(33-46-36-83-40-89-46)69(112)98-56(32-45-35-82-39-88-45)61(104)86-37-58(101)90-54(30-43-20-22-47(100)23-21-43)67(110)95-49(16-6-9-25-73)63(106)93-51(18-11-27-84-70(77)78)64(107)92-50(17-7-10-26-74)65(108)97-55(29-42-13-3-2-4-14-42)68(111)96-53(59(76)102)31-44-34-81-38-87-44/h2-4,13-14,20-23,34-36,38-41,48-57,100H,5-12,15-19,24-33,37,72-75H2,1H3,(H2,76,102)(H,81,87)(H,82,88)(H,83,89)(H,86,104)(H,90,101)(H,91,103)(H,92,107)(H,93,106)(H,94,105)(H,95,110)(H,96,111)(H,97,108)(H,98,112)(H,99,109)(H4,77,78,84)(H4,79,80,85)/t41-,48-,49-,50-,51-,52-,53-,54-,55-,56-,57-/m0/s1. The highest BCUT2D eigenvalue weighted by Gasteiger charge is 2.37. The molecule has 5 aromatic rings. The van der Waals surface area contributed by atoms with Crippen LogP contribution in [0.15, 0.2) is 92.2 Å². The Balaban J connectivity index is 1.39. The van der Waals surface area contributed by atoms with Crippen LogP contribution in [0.5, 0.6) is 5.75 Å². The second-order valence-corrected chi connectivity index (χ2v) is 26.8. The molecule has 0 unspecified atom stereocenters. The summed E-state index contributed by atoms with van der Waals surface area (Å²) in [6, 6.07) is -0.623. The number of nitrogens with zero attached hydrogens (tertiary/aromatic N) is 3. The second-order valence-electron chi connectivity index (χ2n) is 26.8. The summed E-state index contributed by atoms with van der Waals surface area (Å²) in [6.07, 6.45) is 9.85. The fourth-order valence-electron chi connectivity index (χ4n) is 11.5. The van der Waals surface area contributed by atoms with Gasteiger partial charge in [0.1, 0.15) is 66.2 Å². The highest BCUT2D eigenvalue weighted by Crippen LogP contribution is 2.16. The van der Waals surface area contributed by atoms with Gasteiger partial charge in [0.15, 0.2) is 11.9 Å². The minimum Gasteiger partial charge on any atom is -0.508 e. The monoisotopic (exact) mass is 1560 g/mol. The number of nitrogens with two attached hydrogens (primary N) is 7. The average molecular weight is 1560 g/mol. The van der Waals surface area contributed by atoms with Gasteiger partial charge in [0.05, 0.1) is 48.7 Å². The fourth-order valence-corrected chi connectivity index (χ4v) is 11.5. The second kappa shape index (κ2) is 49.1. The van der Waals surface area contributed by atoms with Crippen molar-refractivity contribution in [2.45, 2.75) is 189 Å². The molecular weight excluding hydrogens is 1450 g/mol. The van der Waals surface area contributed by atoms with Gasteiger partial charge in [0.2, 0.25) is 70.9 Å². The highest BCUT2D eigenvalue weighted by molar-refractivity contribution is 5.99. The van der Waals surface area contributed by atoms with Crippen LogP contribution in [0, 0.1) is 10.8 Å². The predicted octanol–water partition coefficient (Wildman–Crippen LogP) is -6.21. The number of hydrogen-bond acceptors (Lipinski definition) is 22. The molecule has 2 aromatic carbocycles. The number of phenols is 1. The molecule has 41 heteroatoms. The molecule has 41 nitrogen and oxygen atoms in total. The topological polar surface area (TPSA) is 697 Å². The van der Waals surface area contributed by atoms with Gasteiger partial charge in [-0.05, 0) is 133 Å². The number of aromatic amines is 3. The molecule has 0 saturated heterocycles. The first-order chi connectivity index (χ1) is 53.7. The van der Waals surface area contributed by atoms with Crippen molar-refractivity contribution in [1.82, 2.24) is 99.0 Å². The van der Waals surface area contributed by atoms with Gasteiger partial charge in [-0.2, -0.15) is 0 Å². The number of phenolic OH excluding ortho intramolecular Hbond substituents is 1. The van der Waals surface area contributed by atoms with E-state index in [1.54, 1.807) is 30.3 Å². The summed E-state index contributed by atoms with van der Waals surface area (Å²) in [7, 11) is 0. The van der Waals surface area contributed by atoms with E-state index in [1.165, 1.54) is 68.8 Å². The Hall–Kier alpha value is -12.1. The van der Waals surface area contributed by atoms with Crippen LogP contribution < -0.4 is 109 Å². The lowest BCUT2D eigenvalue weighted by Crippen LogP contribution is -2.60. The number of nitrogens with one attached hydrogen (secondary N) is 18. The Labute approximate surface area is 647 Å². The third kappa shape index (κ3) is 33.8. The Morgan fingerprint density at radius 1 is 0.384 bits per heavy atom. The summed E-state index contributed by atoms with van der Waals surface area (Å²) in [5.41, 5.74) is 42.1. The van der Waals surface area contributed by atoms with E-state index in [2.05, 4.69) is 99.0 Å². The van der Waals surface area contributed by atoms with Crippen LogP contribution in [0.3, 0.4) is 0 Å². The molecule has 3 aromatic heterocycles. The largest absolute Gasteiger partial charge is 0.508 e. The van der Waals surface area contributed by atoms with Gasteiger partial charge in [-0.15, -0.1) is 0 Å². The van der Waals surface area contributed by atoms with Crippen LogP contribution in [0.2, 0.25) is 0 Å². The molecule has 612 valence electrons. The Morgan fingerprint density at radius 3 is 1.04 bits per heavy atom. The van der Waals surface area contributed by atoms with Crippen molar-refractivity contribution in [3.63, 3.8) is 0 Å². The average Bonchev–Trinajstić information content (AvgIpc) is 1.24. The van der Waals surface area contributed by atoms with Gasteiger partial charge in [0.25, 0.3) is 0 Å². The maximum absolute atomic E-state index is 14.8. The zero-order valence-corrected chi connectivity index (χ0v) is 62.7. The number of rotatable bonds is 53. The highest BCUT2D eigenvalue weighted by atomic mass is 16.3. The van der Waals surface area contributed by atoms with Crippen LogP contribution in [0.4, 0.5) is 0 Å². The van der Waals surface area contributed by atoms with Gasteiger partial charge in [-0.3, -0.25) is 68.4 Å². The first kappa shape index (κ1) is 90.5. The van der Waals surface area contributed by atoms with Crippen LogP contribution in [0.1, 0.15) is 119 Å². The summed E-state index contributed by atoms with van der Waals surface area (Å²) in [6.45, 7) is 1.44. The lowest BCUT2D eigenvalue weighted by atomic mass is 10.0. The maximum atomic E-state index is 14.8. The van der Waals surface area contributed by atoms with E-state index in [4.69, 9.17) is 51.0 Å². The first-order valence-electron chi connectivity index (χ1n) is 37.0. The number of aromatic hydroxyl groups is 1. The molecule has 0 aliphatic rings. The third-order valence-corrected chi connectivity index (χ3v) is 17.6. The molecule has 5 rings (SSSR count). The number of imidazole rings is 3. The number of benzene rings is 2. The molecule has 3 heterocycles. The van der Waals surface area contributed by atoms with Crippen molar-refractivity contribution in [3.05, 3.63) is 120 Å². The molecular formula is C71H110N28O13. The SMILES string of the molecule is C[C@H](N)C(=O)N[C@@H](CCCCN)C(=O)N[C@@H](CCCNC(=N)N)C(=O)N[C@@H](Cc1c[nH]cn1)C(=O)N[C@@H](Cc1c[nH]cn1)C(=O)NCC(=O)N[C@@H](Cc1ccc(O)cc1)C(=O)N[C@@H](CCCCN)C(=O)N[C@@H](CCCNC(=N)N)C(=O)N[C@@H](CCCCN)C(=O)N[C@@H](Cc1ccccc1)C(=O)N[C@@H](Cc1c[nH]cn1)C(N)=O. The van der Waals surface area contributed by atoms with E-state index < -0.39 is 144 Å². The molecule has 0 spiro atoms. The minimum atomic E-state index is -1.53. The number of H-pyrrole nitrogens is 3. The quantitative estimate of drug-likeness (QED) is 0.00978. The normalized spacial score (nSPS) is 14.0. The van der Waals surface area contributed by atoms with E-state index >= 15 is 0 Å². The molecule has 0 fully saturated rings. The Bertz CT molecular complexity index is 3790. The van der Waals surface area contributed by atoms with E-state index in [-0.39, 0.29) is 139 Å². The summed E-state index contributed by atoms with van der Waals surface area (Å²) >= 11 is 0. The Kier molecular flexibility index (Phi) is 39.7. The van der Waals surface area contributed by atoms with E-state index in [9.17, 15) is 62.6 Å². The number of primary amides is 1. The maximum Gasteiger partial charge on any atom is 0.243 e. The molecule has 11 atom stereocenters. The van der Waals surface area contributed by atoms with Gasteiger partial charge in [-0.25, -0.2) is 15.0 Å². The number of hydrogen-bond donors (Lipinski definition) is 26. The first-order valence-corrected chi connectivity index (χ1v) is 37.0. The van der Waals surface area contributed by atoms with Crippen LogP contribution in [-0.4, -0.2) is 224 Å². The molecule has 0 saturated carbocycles. The molecule has 0 aliphatic carbocycles. The van der Waals surface area contributed by atoms with Crippen molar-refractivity contribution in [2.24, 2.45) is 40.1 Å².